The van der Waals surface area contributed by atoms with Crippen LogP contribution in [0.3, 0.4) is 0 Å². The van der Waals surface area contributed by atoms with Gasteiger partial charge in [-0.3, -0.25) is 0 Å². The molecule has 29 heavy (non-hydrogen) atoms. The van der Waals surface area contributed by atoms with E-state index in [1.54, 1.807) is 0 Å². The molecule has 0 heterocycles. The van der Waals surface area contributed by atoms with Crippen LogP contribution in [-0.4, -0.2) is 56.3 Å². The summed E-state index contributed by atoms with van der Waals surface area (Å²) in [5.74, 6) is 0. The number of ether oxygens (including phenoxy) is 4. The summed E-state index contributed by atoms with van der Waals surface area (Å²) in [6, 6.07) is 0. The van der Waals surface area contributed by atoms with Gasteiger partial charge in [-0.25, -0.2) is 0 Å². The van der Waals surface area contributed by atoms with E-state index < -0.39 is 19.0 Å². The number of hydrogen-bond acceptors (Lipinski definition) is 4. The molecule has 0 saturated carbocycles. The summed E-state index contributed by atoms with van der Waals surface area (Å²) in [5.41, 5.74) is 0.686. The van der Waals surface area contributed by atoms with E-state index in [1.165, 1.54) is 31.4 Å². The van der Waals surface area contributed by atoms with E-state index in [2.05, 4.69) is 41.5 Å². The molecule has 0 rings (SSSR count). The van der Waals surface area contributed by atoms with Gasteiger partial charge in [-0.1, -0.05) is 72.9 Å². The highest BCUT2D eigenvalue weighted by molar-refractivity contribution is 6.58. The minimum absolute atomic E-state index is 0.288. The Morgan fingerprint density at radius 3 is 0.966 bits per heavy atom. The highest BCUT2D eigenvalue weighted by Gasteiger charge is 2.34. The number of rotatable bonds is 22. The minimum atomic E-state index is -0.526. The summed E-state index contributed by atoms with van der Waals surface area (Å²) >= 11 is 0. The van der Waals surface area contributed by atoms with Crippen LogP contribution in [0.2, 0.25) is 5.67 Å². The third-order valence-corrected chi connectivity index (χ3v) is 11.8. The van der Waals surface area contributed by atoms with Gasteiger partial charge in [-0.2, -0.15) is 0 Å². The molecule has 0 unspecified atom stereocenters. The Kier molecular flexibility index (Phi) is 19.2. The normalized spacial score (nSPS) is 13.4. The molecule has 0 spiro atoms. The maximum atomic E-state index is 6.39. The molecule has 0 atom stereocenters. The Labute approximate surface area is 186 Å². The minimum Gasteiger partial charge on any atom is -0.354 e. The van der Waals surface area contributed by atoms with Crippen LogP contribution in [0.15, 0.2) is 0 Å². The lowest BCUT2D eigenvalue weighted by Crippen LogP contribution is -2.47. The Morgan fingerprint density at radius 2 is 0.759 bits per heavy atom. The van der Waals surface area contributed by atoms with E-state index in [1.807, 2.05) is 0 Å². The van der Waals surface area contributed by atoms with Gasteiger partial charge in [0.05, 0.1) is 19.0 Å². The number of unbranched alkanes of at least 4 members (excludes halogenated alkanes) is 4. The lowest BCUT2D eigenvalue weighted by Gasteiger charge is -2.36. The molecule has 0 bridgehead atoms. The van der Waals surface area contributed by atoms with E-state index in [-0.39, 0.29) is 10.8 Å². The molecule has 0 amide bonds. The van der Waals surface area contributed by atoms with Crippen LogP contribution in [0, 0.1) is 0 Å². The lowest BCUT2D eigenvalue weighted by atomic mass is 10.3. The van der Waals surface area contributed by atoms with Crippen molar-refractivity contribution in [3.05, 3.63) is 0 Å². The molecule has 0 saturated heterocycles. The molecule has 0 radical (unpaired) electrons. The third kappa shape index (κ3) is 13.3. The second-order valence-corrected chi connectivity index (χ2v) is 14.2. The topological polar surface area (TPSA) is 36.9 Å². The van der Waals surface area contributed by atoms with Gasteiger partial charge in [-0.05, 0) is 38.5 Å². The van der Waals surface area contributed by atoms with Crippen molar-refractivity contribution in [3.63, 3.8) is 0 Å². The van der Waals surface area contributed by atoms with Gasteiger partial charge in [0.2, 0.25) is 0 Å². The summed E-state index contributed by atoms with van der Waals surface area (Å²) in [7, 11) is -1.05. The van der Waals surface area contributed by atoms with E-state index in [0.29, 0.717) is 0 Å². The second kappa shape index (κ2) is 19.0. The zero-order chi connectivity index (χ0) is 21.8. The smallest absolute Gasteiger partial charge is 0.144 e. The van der Waals surface area contributed by atoms with Crippen molar-refractivity contribution in [1.82, 2.24) is 0 Å². The van der Waals surface area contributed by atoms with Gasteiger partial charge in [0.1, 0.15) is 10.8 Å². The molecule has 0 aliphatic rings. The maximum absolute atomic E-state index is 6.39. The fraction of sp³-hybridized carbons (Fsp3) is 1.00. The van der Waals surface area contributed by atoms with Gasteiger partial charge in [0.25, 0.3) is 0 Å². The van der Waals surface area contributed by atoms with Crippen LogP contribution < -0.4 is 0 Å². The quantitative estimate of drug-likeness (QED) is 0.131. The Hall–Kier alpha value is 0.274. The highest BCUT2D eigenvalue weighted by atomic mass is 28.3. The summed E-state index contributed by atoms with van der Waals surface area (Å²) in [6.45, 7) is 16.6. The van der Waals surface area contributed by atoms with Crippen LogP contribution in [0.4, 0.5) is 0 Å². The Bertz CT molecular complexity index is 304. The zero-order valence-electron chi connectivity index (χ0n) is 20.7. The van der Waals surface area contributed by atoms with Gasteiger partial charge < -0.3 is 18.9 Å². The van der Waals surface area contributed by atoms with Gasteiger partial charge in [0, 0.05) is 26.4 Å². The summed E-state index contributed by atoms with van der Waals surface area (Å²) < 4.78 is 25.6. The van der Waals surface area contributed by atoms with Crippen LogP contribution >= 0.6 is 0 Å². The van der Waals surface area contributed by atoms with Crippen LogP contribution in [0.25, 0.3) is 0 Å². The van der Waals surface area contributed by atoms with E-state index in [0.717, 1.165) is 65.0 Å². The van der Waals surface area contributed by atoms with Crippen LogP contribution in [-0.2, 0) is 18.9 Å². The lowest BCUT2D eigenvalue weighted by molar-refractivity contribution is -0.185. The van der Waals surface area contributed by atoms with E-state index in [9.17, 15) is 0 Å². The van der Waals surface area contributed by atoms with Gasteiger partial charge in [-0.15, -0.1) is 0 Å². The van der Waals surface area contributed by atoms with Crippen molar-refractivity contribution in [1.29, 1.82) is 0 Å². The standard InChI is InChI=1S/C23H52O4Si2/c1-7-13-17-24-22(11-5,25-18-14-8-2)28-21-29-23(12-6,26-19-15-9-3)27-20-16-10-4/h7-21,28-29H2,1-6H3. The molecule has 6 heteroatoms. The molecule has 0 aliphatic heterocycles. The van der Waals surface area contributed by atoms with Crippen LogP contribution in [0.1, 0.15) is 106 Å². The van der Waals surface area contributed by atoms with E-state index >= 15 is 0 Å². The first kappa shape index (κ1) is 29.3. The third-order valence-electron chi connectivity index (χ3n) is 5.64. The monoisotopic (exact) mass is 448 g/mol. The van der Waals surface area contributed by atoms with Crippen molar-refractivity contribution in [2.45, 2.75) is 122 Å². The SMILES string of the molecule is CCCCOC(CC)(OCCCC)[SiH2]C[SiH2]C(CC)(OCCCC)OCCCC. The van der Waals surface area contributed by atoms with Crippen molar-refractivity contribution in [3.8, 4) is 0 Å². The molecule has 0 aromatic carbocycles. The summed E-state index contributed by atoms with van der Waals surface area (Å²) in [4.78, 5) is 0. The second-order valence-electron chi connectivity index (χ2n) is 8.19. The highest BCUT2D eigenvalue weighted by Crippen LogP contribution is 2.24. The first-order chi connectivity index (χ1) is 14.1. The first-order valence-corrected chi connectivity index (χ1v) is 16.0. The Morgan fingerprint density at radius 1 is 0.483 bits per heavy atom. The molecule has 176 valence electrons. The first-order valence-electron chi connectivity index (χ1n) is 12.6. The average molecular weight is 449 g/mol. The largest absolute Gasteiger partial charge is 0.354 e. The predicted octanol–water partition coefficient (Wildman–Crippen LogP) is 5.09. The Balaban J connectivity index is 4.95. The fourth-order valence-corrected chi connectivity index (χ4v) is 10.2. The molecule has 4 nitrogen and oxygen atoms in total. The van der Waals surface area contributed by atoms with Crippen molar-refractivity contribution in [2.75, 3.05) is 26.4 Å². The number of hydrogen-bond donors (Lipinski definition) is 0. The average Bonchev–Trinajstić information content (AvgIpc) is 2.73. The molecular formula is C23H52O4Si2. The summed E-state index contributed by atoms with van der Waals surface area (Å²) in [6.07, 6.45) is 11.1. The van der Waals surface area contributed by atoms with Crippen molar-refractivity contribution < 1.29 is 18.9 Å². The predicted molar refractivity (Wildman–Crippen MR) is 131 cm³/mol. The molecule has 0 aromatic heterocycles. The molecule has 0 aliphatic carbocycles. The molecule has 0 fully saturated rings. The summed E-state index contributed by atoms with van der Waals surface area (Å²) in [5, 5.41) is 0. The van der Waals surface area contributed by atoms with Crippen molar-refractivity contribution in [2.24, 2.45) is 0 Å². The van der Waals surface area contributed by atoms with E-state index in [4.69, 9.17) is 18.9 Å². The maximum Gasteiger partial charge on any atom is 0.144 e. The zero-order valence-corrected chi connectivity index (χ0v) is 23.5. The molecule has 0 aromatic rings. The van der Waals surface area contributed by atoms with Crippen molar-refractivity contribution >= 4 is 19.0 Å². The fourth-order valence-electron chi connectivity index (χ4n) is 3.37. The van der Waals surface area contributed by atoms with Crippen LogP contribution in [0.5, 0.6) is 0 Å². The molecule has 0 N–H and O–H groups in total. The van der Waals surface area contributed by atoms with Gasteiger partial charge >= 0.3 is 0 Å². The van der Waals surface area contributed by atoms with Gasteiger partial charge in [0.15, 0.2) is 0 Å². The molecular weight excluding hydrogens is 396 g/mol.